The second kappa shape index (κ2) is 2.17. The summed E-state index contributed by atoms with van der Waals surface area (Å²) >= 11 is 0. The fourth-order valence-electron chi connectivity index (χ4n) is 0.785. The molecule has 1 aliphatic rings. The van der Waals surface area contributed by atoms with Gasteiger partial charge in [0.2, 0.25) is 0 Å². The van der Waals surface area contributed by atoms with Gasteiger partial charge in [0.1, 0.15) is 0 Å². The molecule has 9 heavy (non-hydrogen) atoms. The van der Waals surface area contributed by atoms with E-state index in [1.54, 1.807) is 0 Å². The molecule has 0 aromatic carbocycles. The summed E-state index contributed by atoms with van der Waals surface area (Å²) in [5.74, 6) is 0.0325. The zero-order valence-electron chi connectivity index (χ0n) is 5.16. The lowest BCUT2D eigenvalue weighted by molar-refractivity contribution is -0.152. The summed E-state index contributed by atoms with van der Waals surface area (Å²) in [4.78, 5) is 20.2. The summed E-state index contributed by atoms with van der Waals surface area (Å²) in [6.07, 6.45) is 0.868. The van der Waals surface area contributed by atoms with Crippen molar-refractivity contribution in [1.82, 2.24) is 0 Å². The molecule has 0 aliphatic heterocycles. The second-order valence-electron chi connectivity index (χ2n) is 2.35. The van der Waals surface area contributed by atoms with Crippen molar-refractivity contribution in [1.29, 1.82) is 0 Å². The van der Waals surface area contributed by atoms with E-state index in [4.69, 9.17) is 0 Å². The third-order valence-corrected chi connectivity index (χ3v) is 1.58. The quantitative estimate of drug-likeness (QED) is 0.306. The summed E-state index contributed by atoms with van der Waals surface area (Å²) in [5, 5.41) is 0. The van der Waals surface area contributed by atoms with Crippen LogP contribution in [0.4, 0.5) is 0 Å². The van der Waals surface area contributed by atoms with E-state index in [1.165, 1.54) is 0 Å². The second-order valence-corrected chi connectivity index (χ2v) is 2.35. The average molecular weight is 128 g/mol. The van der Waals surface area contributed by atoms with Crippen molar-refractivity contribution >= 4 is 12.4 Å². The summed E-state index contributed by atoms with van der Waals surface area (Å²) < 4.78 is 4.12. The first-order valence-electron chi connectivity index (χ1n) is 2.90. The fourth-order valence-corrected chi connectivity index (χ4v) is 0.785. The molecule has 50 valence electrons. The van der Waals surface area contributed by atoms with Crippen LogP contribution in [-0.2, 0) is 14.3 Å². The number of hydrogen-bond acceptors (Lipinski definition) is 3. The van der Waals surface area contributed by atoms with E-state index in [-0.39, 0.29) is 18.4 Å². The molecule has 3 heteroatoms. The van der Waals surface area contributed by atoms with E-state index in [2.05, 4.69) is 4.74 Å². The van der Waals surface area contributed by atoms with Gasteiger partial charge in [-0.3, -0.25) is 9.59 Å². The molecular weight excluding hydrogens is 120 g/mol. The molecule has 0 spiro atoms. The van der Waals surface area contributed by atoms with E-state index < -0.39 is 0 Å². The molecule has 2 unspecified atom stereocenters. The first kappa shape index (κ1) is 6.26. The monoisotopic (exact) mass is 128 g/mol. The van der Waals surface area contributed by atoms with Gasteiger partial charge < -0.3 is 4.74 Å². The minimum Gasteiger partial charge on any atom is -0.395 e. The number of carbonyl (C=O) groups excluding carboxylic acids is 2. The maximum absolute atomic E-state index is 10.6. The Balaban J connectivity index is 2.27. The number of carbonyl (C=O) groups is 2. The first-order valence-corrected chi connectivity index (χ1v) is 2.90. The van der Waals surface area contributed by atoms with E-state index in [0.29, 0.717) is 5.92 Å². The van der Waals surface area contributed by atoms with E-state index in [9.17, 15) is 9.59 Å². The molecule has 0 N–H and O–H groups in total. The van der Waals surface area contributed by atoms with Crippen LogP contribution in [-0.4, -0.2) is 12.4 Å². The van der Waals surface area contributed by atoms with Gasteiger partial charge in [0, 0.05) is 0 Å². The largest absolute Gasteiger partial charge is 0.395 e. The Morgan fingerprint density at radius 2 is 2.33 bits per heavy atom. The summed E-state index contributed by atoms with van der Waals surface area (Å²) in [5.41, 5.74) is 0. The molecule has 2 atom stereocenters. The van der Waals surface area contributed by atoms with Gasteiger partial charge >= 0.3 is 12.4 Å². The lowest BCUT2D eigenvalue weighted by atomic mass is 10.3. The van der Waals surface area contributed by atoms with Gasteiger partial charge in [-0.15, -0.1) is 0 Å². The summed E-state index contributed by atoms with van der Waals surface area (Å²) in [6, 6.07) is 0. The lowest BCUT2D eigenvalue weighted by Gasteiger charge is -1.89. The molecule has 0 saturated heterocycles. The number of rotatable bonds is 2. The van der Waals surface area contributed by atoms with Crippen molar-refractivity contribution in [3.63, 3.8) is 0 Å². The molecule has 0 aromatic heterocycles. The predicted octanol–water partition coefficient (Wildman–Crippen LogP) is 0.342. The Morgan fingerprint density at radius 3 is 2.67 bits per heavy atom. The third-order valence-electron chi connectivity index (χ3n) is 1.58. The van der Waals surface area contributed by atoms with Crippen LogP contribution in [0.1, 0.15) is 13.3 Å². The minimum absolute atomic E-state index is 0.00444. The SMILES string of the molecule is CC1CC1C(=O)OC=O. The Bertz CT molecular complexity index is 141. The molecule has 0 amide bonds. The zero-order chi connectivity index (χ0) is 6.85. The average Bonchev–Trinajstić information content (AvgIpc) is 2.47. The number of ether oxygens (including phenoxy) is 1. The highest BCUT2D eigenvalue weighted by atomic mass is 16.6. The molecule has 1 aliphatic carbocycles. The van der Waals surface area contributed by atoms with Gasteiger partial charge in [-0.1, -0.05) is 6.92 Å². The van der Waals surface area contributed by atoms with Gasteiger partial charge in [-0.25, -0.2) is 0 Å². The molecule has 0 radical (unpaired) electrons. The highest BCUT2D eigenvalue weighted by Gasteiger charge is 2.40. The number of esters is 1. The third kappa shape index (κ3) is 1.28. The highest BCUT2D eigenvalue weighted by molar-refractivity contribution is 5.81. The fraction of sp³-hybridized carbons (Fsp3) is 0.667. The minimum atomic E-state index is -0.377. The van der Waals surface area contributed by atoms with Crippen LogP contribution < -0.4 is 0 Å². The van der Waals surface area contributed by atoms with Gasteiger partial charge in [-0.2, -0.15) is 0 Å². The maximum Gasteiger partial charge on any atom is 0.316 e. The first-order chi connectivity index (χ1) is 4.25. The molecule has 1 saturated carbocycles. The van der Waals surface area contributed by atoms with Crippen LogP contribution in [0.25, 0.3) is 0 Å². The van der Waals surface area contributed by atoms with E-state index in [1.807, 2.05) is 6.92 Å². The summed E-state index contributed by atoms with van der Waals surface area (Å²) in [6.45, 7) is 2.14. The van der Waals surface area contributed by atoms with Gasteiger partial charge in [0.25, 0.3) is 0 Å². The smallest absolute Gasteiger partial charge is 0.316 e. The molecule has 1 fully saturated rings. The molecule has 3 nitrogen and oxygen atoms in total. The molecule has 0 aromatic rings. The van der Waals surface area contributed by atoms with Crippen LogP contribution in [0, 0.1) is 11.8 Å². The molecular formula is C6H8O3. The van der Waals surface area contributed by atoms with Crippen LogP contribution in [0.15, 0.2) is 0 Å². The lowest BCUT2D eigenvalue weighted by Crippen LogP contribution is -2.05. The maximum atomic E-state index is 10.6. The predicted molar refractivity (Wildman–Crippen MR) is 29.4 cm³/mol. The topological polar surface area (TPSA) is 43.4 Å². The van der Waals surface area contributed by atoms with E-state index >= 15 is 0 Å². The van der Waals surface area contributed by atoms with Crippen LogP contribution >= 0.6 is 0 Å². The van der Waals surface area contributed by atoms with Gasteiger partial charge in [0.05, 0.1) is 5.92 Å². The normalized spacial score (nSPS) is 31.2. The van der Waals surface area contributed by atoms with Crippen molar-refractivity contribution in [2.24, 2.45) is 11.8 Å². The standard InChI is InChI=1S/C6H8O3/c1-4-2-5(4)6(8)9-3-7/h3-5H,2H2,1H3. The Kier molecular flexibility index (Phi) is 1.51. The Morgan fingerprint density at radius 1 is 1.78 bits per heavy atom. The van der Waals surface area contributed by atoms with Gasteiger partial charge in [0.15, 0.2) is 0 Å². The zero-order valence-corrected chi connectivity index (χ0v) is 5.16. The van der Waals surface area contributed by atoms with Gasteiger partial charge in [-0.05, 0) is 12.3 Å². The van der Waals surface area contributed by atoms with Crippen molar-refractivity contribution in [3.05, 3.63) is 0 Å². The van der Waals surface area contributed by atoms with Crippen LogP contribution in [0.5, 0.6) is 0 Å². The van der Waals surface area contributed by atoms with E-state index in [0.717, 1.165) is 6.42 Å². The highest BCUT2D eigenvalue weighted by Crippen LogP contribution is 2.38. The van der Waals surface area contributed by atoms with Crippen molar-refractivity contribution in [2.75, 3.05) is 0 Å². The molecule has 0 heterocycles. The number of hydrogen-bond donors (Lipinski definition) is 0. The van der Waals surface area contributed by atoms with Crippen molar-refractivity contribution < 1.29 is 14.3 Å². The van der Waals surface area contributed by atoms with Crippen LogP contribution in [0.2, 0.25) is 0 Å². The molecule has 0 bridgehead atoms. The Labute approximate surface area is 53.0 Å². The van der Waals surface area contributed by atoms with Crippen LogP contribution in [0.3, 0.4) is 0 Å². The Hall–Kier alpha value is -0.860. The van der Waals surface area contributed by atoms with Crippen molar-refractivity contribution in [2.45, 2.75) is 13.3 Å². The molecule has 1 rings (SSSR count). The van der Waals surface area contributed by atoms with Crippen molar-refractivity contribution in [3.8, 4) is 0 Å². The summed E-state index contributed by atoms with van der Waals surface area (Å²) in [7, 11) is 0.